The first kappa shape index (κ1) is 20.2. The molecule has 0 heterocycles. The summed E-state index contributed by atoms with van der Waals surface area (Å²) in [5, 5.41) is 0. The minimum absolute atomic E-state index is 0.0475. The van der Waals surface area contributed by atoms with E-state index in [0.717, 1.165) is 25.7 Å². The maximum absolute atomic E-state index is 12.0. The number of carbonyl (C=O) groups is 2. The van der Waals surface area contributed by atoms with Crippen LogP contribution in [0.3, 0.4) is 0 Å². The van der Waals surface area contributed by atoms with Crippen molar-refractivity contribution in [3.63, 3.8) is 0 Å². The van der Waals surface area contributed by atoms with Gasteiger partial charge in [0, 0.05) is 25.2 Å². The molecule has 0 aliphatic heterocycles. The molecule has 2 bridgehead atoms. The van der Waals surface area contributed by atoms with Gasteiger partial charge in [-0.1, -0.05) is 34.1 Å². The van der Waals surface area contributed by atoms with Crippen LogP contribution in [0.5, 0.6) is 0 Å². The Kier molecular flexibility index (Phi) is 4.49. The Bertz CT molecular complexity index is 684. The maximum atomic E-state index is 12.0. The van der Waals surface area contributed by atoms with Crippen LogP contribution in [0.15, 0.2) is 0 Å². The van der Waals surface area contributed by atoms with Gasteiger partial charge >= 0.3 is 11.9 Å². The monoisotopic (exact) mass is 390 g/mol. The predicted octanol–water partition coefficient (Wildman–Crippen LogP) is 5.28. The molecule has 4 saturated carbocycles. The number of carbonyl (C=O) groups excluding carboxylic acids is 2. The van der Waals surface area contributed by atoms with Crippen LogP contribution in [-0.4, -0.2) is 24.1 Å². The second-order valence-electron chi connectivity index (χ2n) is 11.6. The van der Waals surface area contributed by atoms with Gasteiger partial charge in [-0.05, 0) is 67.1 Å². The van der Waals surface area contributed by atoms with Crippen molar-refractivity contribution in [1.29, 1.82) is 0 Å². The molecule has 4 fully saturated rings. The third-order valence-corrected chi connectivity index (χ3v) is 9.73. The van der Waals surface area contributed by atoms with E-state index >= 15 is 0 Å². The minimum Gasteiger partial charge on any atom is -0.462 e. The molecule has 1 spiro atoms. The highest BCUT2D eigenvalue weighted by atomic mass is 16.5. The van der Waals surface area contributed by atoms with Gasteiger partial charge in [-0.15, -0.1) is 0 Å². The van der Waals surface area contributed by atoms with Gasteiger partial charge in [0.05, 0.1) is 0 Å². The van der Waals surface area contributed by atoms with Gasteiger partial charge in [0.15, 0.2) is 0 Å². The number of esters is 2. The Morgan fingerprint density at radius 2 is 1.54 bits per heavy atom. The van der Waals surface area contributed by atoms with E-state index in [-0.39, 0.29) is 45.8 Å². The van der Waals surface area contributed by atoms with E-state index in [2.05, 4.69) is 27.7 Å². The van der Waals surface area contributed by atoms with Gasteiger partial charge in [0.25, 0.3) is 0 Å². The van der Waals surface area contributed by atoms with Crippen LogP contribution < -0.4 is 0 Å². The lowest BCUT2D eigenvalue weighted by Gasteiger charge is -2.68. The van der Waals surface area contributed by atoms with E-state index in [1.807, 2.05) is 0 Å². The first-order chi connectivity index (χ1) is 12.9. The molecule has 4 heteroatoms. The topological polar surface area (TPSA) is 52.6 Å². The Morgan fingerprint density at radius 1 is 0.857 bits per heavy atom. The number of rotatable bonds is 2. The smallest absolute Gasteiger partial charge is 0.302 e. The first-order valence-corrected chi connectivity index (χ1v) is 11.3. The van der Waals surface area contributed by atoms with Gasteiger partial charge < -0.3 is 9.47 Å². The van der Waals surface area contributed by atoms with E-state index < -0.39 is 0 Å². The summed E-state index contributed by atoms with van der Waals surface area (Å²) >= 11 is 0. The van der Waals surface area contributed by atoms with Crippen molar-refractivity contribution in [2.75, 3.05) is 0 Å². The van der Waals surface area contributed by atoms with Gasteiger partial charge in [0.2, 0.25) is 0 Å². The van der Waals surface area contributed by atoms with Crippen molar-refractivity contribution in [2.24, 2.45) is 33.5 Å². The largest absolute Gasteiger partial charge is 0.462 e. The number of hydrogen-bond acceptors (Lipinski definition) is 4. The van der Waals surface area contributed by atoms with Gasteiger partial charge in [-0.25, -0.2) is 0 Å². The second kappa shape index (κ2) is 6.22. The highest BCUT2D eigenvalue weighted by molar-refractivity contribution is 5.66. The summed E-state index contributed by atoms with van der Waals surface area (Å²) in [4.78, 5) is 23.8. The van der Waals surface area contributed by atoms with E-state index in [1.54, 1.807) is 0 Å². The van der Waals surface area contributed by atoms with Gasteiger partial charge in [0.1, 0.15) is 12.2 Å². The number of ether oxygens (including phenoxy) is 2. The summed E-state index contributed by atoms with van der Waals surface area (Å²) in [5.74, 6) is 0.509. The molecule has 4 aliphatic carbocycles. The van der Waals surface area contributed by atoms with Crippen molar-refractivity contribution in [1.82, 2.24) is 0 Å². The standard InChI is InChI=1S/C24H38O4/c1-15(25)27-18-13-19-21(3,4)8-7-9-23(19,6)24-11-10-22(5,14-24)20(12-17(18)24)28-16(2)26/h17-20H,7-14H2,1-6H3/t17-,18+,19+,20-,22?,23+,24+/m1/s1. The molecule has 4 rings (SSSR count). The van der Waals surface area contributed by atoms with Gasteiger partial charge in [-0.3, -0.25) is 9.59 Å². The summed E-state index contributed by atoms with van der Waals surface area (Å²) in [6, 6.07) is 0. The molecule has 0 saturated heterocycles. The molecule has 158 valence electrons. The highest BCUT2D eigenvalue weighted by Gasteiger charge is 2.72. The summed E-state index contributed by atoms with van der Waals surface area (Å²) < 4.78 is 11.9. The Labute approximate surface area is 170 Å². The van der Waals surface area contributed by atoms with Crippen molar-refractivity contribution in [2.45, 2.75) is 105 Å². The van der Waals surface area contributed by atoms with E-state index in [4.69, 9.17) is 9.47 Å². The molecule has 1 unspecified atom stereocenters. The zero-order valence-corrected chi connectivity index (χ0v) is 18.6. The molecule has 0 aromatic rings. The third-order valence-electron chi connectivity index (χ3n) is 9.73. The molecular formula is C24H38O4. The quantitative estimate of drug-likeness (QED) is 0.602. The normalized spacial score (nSPS) is 48.9. The van der Waals surface area contributed by atoms with Crippen molar-refractivity contribution in [3.8, 4) is 0 Å². The summed E-state index contributed by atoms with van der Waals surface area (Å²) in [7, 11) is 0. The molecule has 0 radical (unpaired) electrons. The molecule has 4 nitrogen and oxygen atoms in total. The van der Waals surface area contributed by atoms with Crippen molar-refractivity contribution >= 4 is 11.9 Å². The molecule has 0 N–H and O–H groups in total. The lowest BCUT2D eigenvalue weighted by Crippen LogP contribution is -2.64. The Hall–Kier alpha value is -1.06. The summed E-state index contributed by atoms with van der Waals surface area (Å²) in [6.07, 6.45) is 8.90. The predicted molar refractivity (Wildman–Crippen MR) is 107 cm³/mol. The maximum Gasteiger partial charge on any atom is 0.302 e. The second-order valence-corrected chi connectivity index (χ2v) is 11.6. The molecular weight excluding hydrogens is 352 g/mol. The molecule has 0 aromatic carbocycles. The Morgan fingerprint density at radius 3 is 2.18 bits per heavy atom. The molecule has 0 amide bonds. The van der Waals surface area contributed by atoms with Crippen LogP contribution in [-0.2, 0) is 19.1 Å². The van der Waals surface area contributed by atoms with Crippen molar-refractivity contribution in [3.05, 3.63) is 0 Å². The van der Waals surface area contributed by atoms with Crippen LogP contribution in [0.1, 0.15) is 92.9 Å². The fourth-order valence-corrected chi connectivity index (χ4v) is 8.58. The lowest BCUT2D eigenvalue weighted by atomic mass is 9.37. The fourth-order valence-electron chi connectivity index (χ4n) is 8.58. The number of hydrogen-bond donors (Lipinski definition) is 0. The molecule has 7 atom stereocenters. The minimum atomic E-state index is -0.187. The zero-order chi connectivity index (χ0) is 20.5. The highest BCUT2D eigenvalue weighted by Crippen LogP contribution is 2.76. The SMILES string of the molecule is CC(=O)O[C@H]1C[C@H]2C(C)(C)CCC[C@]2(C)[C@@]23CCC(C)(C2)[C@H](OC(C)=O)C[C@H]13. The summed E-state index contributed by atoms with van der Waals surface area (Å²) in [6.45, 7) is 12.8. The fraction of sp³-hybridized carbons (Fsp3) is 0.917. The zero-order valence-electron chi connectivity index (χ0n) is 18.6. The van der Waals surface area contributed by atoms with E-state index in [1.165, 1.54) is 39.5 Å². The first-order valence-electron chi connectivity index (χ1n) is 11.3. The van der Waals surface area contributed by atoms with Crippen LogP contribution in [0.25, 0.3) is 0 Å². The van der Waals surface area contributed by atoms with Crippen molar-refractivity contribution < 1.29 is 19.1 Å². The number of fused-ring (bicyclic) bond motifs is 2. The summed E-state index contributed by atoms with van der Waals surface area (Å²) in [5.41, 5.74) is 0.792. The molecule has 4 aliphatic rings. The Balaban J connectivity index is 1.79. The van der Waals surface area contributed by atoms with Crippen LogP contribution in [0.4, 0.5) is 0 Å². The third kappa shape index (κ3) is 2.69. The van der Waals surface area contributed by atoms with Gasteiger partial charge in [-0.2, -0.15) is 0 Å². The average Bonchev–Trinajstić information content (AvgIpc) is 2.87. The average molecular weight is 391 g/mol. The lowest BCUT2D eigenvalue weighted by molar-refractivity contribution is -0.234. The van der Waals surface area contributed by atoms with Crippen LogP contribution in [0, 0.1) is 33.5 Å². The van der Waals surface area contributed by atoms with E-state index in [0.29, 0.717) is 11.8 Å². The molecule has 0 aromatic heterocycles. The molecule has 28 heavy (non-hydrogen) atoms. The van der Waals surface area contributed by atoms with Crippen LogP contribution in [0.2, 0.25) is 0 Å². The van der Waals surface area contributed by atoms with E-state index in [9.17, 15) is 9.59 Å². The van der Waals surface area contributed by atoms with Crippen LogP contribution >= 0.6 is 0 Å².